The molecule has 2 aromatic heterocycles. The summed E-state index contributed by atoms with van der Waals surface area (Å²) >= 11 is 0. The van der Waals surface area contributed by atoms with Gasteiger partial charge in [0.1, 0.15) is 5.54 Å². The van der Waals surface area contributed by atoms with Gasteiger partial charge in [0, 0.05) is 17.3 Å². The number of esters is 1. The average molecular weight is 565 g/mol. The molecule has 0 radical (unpaired) electrons. The second-order valence-electron chi connectivity index (χ2n) is 11.1. The lowest BCUT2D eigenvalue weighted by molar-refractivity contribution is 0.0586. The van der Waals surface area contributed by atoms with Crippen LogP contribution in [0.15, 0.2) is 121 Å². The minimum Gasteiger partial charge on any atom is -0.464 e. The largest absolute Gasteiger partial charge is 0.464 e. The minimum atomic E-state index is -0.725. The number of benzene rings is 4. The molecule has 1 aliphatic carbocycles. The minimum absolute atomic E-state index is 0.371. The number of ether oxygens (including phenoxy) is 1. The fraction of sp³-hybridized carbons (Fsp3) is 0.162. The zero-order valence-corrected chi connectivity index (χ0v) is 24.3. The van der Waals surface area contributed by atoms with Gasteiger partial charge >= 0.3 is 5.97 Å². The Kier molecular flexibility index (Phi) is 6.74. The summed E-state index contributed by atoms with van der Waals surface area (Å²) in [5, 5.41) is 10.4. The molecule has 0 atom stereocenters. The van der Waals surface area contributed by atoms with Crippen molar-refractivity contribution in [2.75, 3.05) is 7.11 Å². The highest BCUT2D eigenvalue weighted by molar-refractivity contribution is 5.92. The maximum atomic E-state index is 13.1. The number of hydrogen-bond acceptors (Lipinski definition) is 4. The molecule has 6 nitrogen and oxygen atoms in total. The summed E-state index contributed by atoms with van der Waals surface area (Å²) in [6, 6.07) is 39.9. The first kappa shape index (κ1) is 26.7. The normalized spacial score (nSPS) is 12.4. The Morgan fingerprint density at radius 2 is 1.33 bits per heavy atom. The van der Waals surface area contributed by atoms with Gasteiger partial charge in [-0.25, -0.2) is 4.79 Å². The topological polar surface area (TPSA) is 61.9 Å². The molecule has 0 unspecified atom stereocenters. The molecule has 2 heterocycles. The van der Waals surface area contributed by atoms with Gasteiger partial charge < -0.3 is 4.74 Å². The van der Waals surface area contributed by atoms with Gasteiger partial charge in [0.2, 0.25) is 0 Å². The van der Waals surface area contributed by atoms with E-state index in [1.54, 1.807) is 4.68 Å². The van der Waals surface area contributed by atoms with Gasteiger partial charge in [0.15, 0.2) is 5.69 Å². The standard InChI is InChI=1S/C37H32N4O2/c1-26-18-20-27(21-19-26)24-40-35(36(42)43-2)31-22-23-33-32(34(31)39-40)25-41(38-33)37(28-12-6-3-7-13-28,29-14-8-4-9-15-29)30-16-10-5-11-17-30/h3-21,25H,22-24H2,1-2H3. The van der Waals surface area contributed by atoms with Crippen molar-refractivity contribution < 1.29 is 9.53 Å². The van der Waals surface area contributed by atoms with E-state index >= 15 is 0 Å². The van der Waals surface area contributed by atoms with Crippen LogP contribution in [0.2, 0.25) is 0 Å². The van der Waals surface area contributed by atoms with Crippen LogP contribution in [-0.4, -0.2) is 32.6 Å². The van der Waals surface area contributed by atoms with Crippen molar-refractivity contribution in [2.24, 2.45) is 0 Å². The van der Waals surface area contributed by atoms with Crippen LogP contribution >= 0.6 is 0 Å². The van der Waals surface area contributed by atoms with Gasteiger partial charge in [0.25, 0.3) is 0 Å². The fourth-order valence-corrected chi connectivity index (χ4v) is 6.40. The van der Waals surface area contributed by atoms with E-state index in [2.05, 4.69) is 115 Å². The van der Waals surface area contributed by atoms with Crippen LogP contribution in [0.4, 0.5) is 0 Å². The zero-order valence-electron chi connectivity index (χ0n) is 24.3. The van der Waals surface area contributed by atoms with E-state index in [-0.39, 0.29) is 5.97 Å². The molecule has 4 aromatic carbocycles. The third-order valence-electron chi connectivity index (χ3n) is 8.46. The summed E-state index contributed by atoms with van der Waals surface area (Å²) in [5.74, 6) is -0.371. The molecule has 0 N–H and O–H groups in total. The van der Waals surface area contributed by atoms with Crippen LogP contribution in [0.3, 0.4) is 0 Å². The lowest BCUT2D eigenvalue weighted by atomic mass is 9.77. The van der Waals surface area contributed by atoms with E-state index in [1.165, 1.54) is 12.7 Å². The highest BCUT2D eigenvalue weighted by atomic mass is 16.5. The first-order valence-electron chi connectivity index (χ1n) is 14.6. The van der Waals surface area contributed by atoms with E-state index in [0.717, 1.165) is 44.8 Å². The third kappa shape index (κ3) is 4.47. The Hall–Kier alpha value is -5.23. The lowest BCUT2D eigenvalue weighted by Gasteiger charge is -2.36. The van der Waals surface area contributed by atoms with E-state index in [1.807, 2.05) is 18.2 Å². The number of aryl methyl sites for hydroxylation is 2. The van der Waals surface area contributed by atoms with Crippen molar-refractivity contribution in [3.63, 3.8) is 0 Å². The third-order valence-corrected chi connectivity index (χ3v) is 8.46. The number of methoxy groups -OCH3 is 1. The molecule has 212 valence electrons. The summed E-state index contributed by atoms with van der Waals surface area (Å²) in [5.41, 5.74) is 8.98. The Morgan fingerprint density at radius 1 is 0.767 bits per heavy atom. The smallest absolute Gasteiger partial charge is 0.356 e. The molecular formula is C37H32N4O2. The van der Waals surface area contributed by atoms with Crippen LogP contribution < -0.4 is 0 Å². The van der Waals surface area contributed by atoms with E-state index in [9.17, 15) is 4.79 Å². The molecule has 7 rings (SSSR count). The van der Waals surface area contributed by atoms with Crippen molar-refractivity contribution in [1.29, 1.82) is 0 Å². The predicted molar refractivity (Wildman–Crippen MR) is 167 cm³/mol. The molecule has 0 saturated heterocycles. The second kappa shape index (κ2) is 10.9. The Labute approximate surface area is 251 Å². The number of rotatable bonds is 7. The van der Waals surface area contributed by atoms with Gasteiger partial charge in [-0.15, -0.1) is 0 Å². The van der Waals surface area contributed by atoms with Crippen molar-refractivity contribution in [3.05, 3.63) is 166 Å². The second-order valence-corrected chi connectivity index (χ2v) is 11.1. The van der Waals surface area contributed by atoms with Crippen LogP contribution in [0.25, 0.3) is 11.3 Å². The number of hydrogen-bond donors (Lipinski definition) is 0. The van der Waals surface area contributed by atoms with Gasteiger partial charge in [-0.1, -0.05) is 121 Å². The number of nitrogens with zero attached hydrogens (tertiary/aromatic N) is 4. The molecule has 0 fully saturated rings. The van der Waals surface area contributed by atoms with E-state index in [0.29, 0.717) is 25.1 Å². The first-order valence-corrected chi connectivity index (χ1v) is 14.6. The van der Waals surface area contributed by atoms with Crippen molar-refractivity contribution in [1.82, 2.24) is 19.6 Å². The molecule has 0 spiro atoms. The summed E-state index contributed by atoms with van der Waals surface area (Å²) in [6.07, 6.45) is 3.47. The summed E-state index contributed by atoms with van der Waals surface area (Å²) in [6.45, 7) is 2.54. The number of aromatic nitrogens is 4. The van der Waals surface area contributed by atoms with Crippen LogP contribution in [0.5, 0.6) is 0 Å². The maximum Gasteiger partial charge on any atom is 0.356 e. The average Bonchev–Trinajstić information content (AvgIpc) is 3.65. The molecule has 6 heteroatoms. The van der Waals surface area contributed by atoms with Crippen molar-refractivity contribution >= 4 is 5.97 Å². The lowest BCUT2D eigenvalue weighted by Crippen LogP contribution is -2.38. The van der Waals surface area contributed by atoms with Gasteiger partial charge in [0.05, 0.1) is 25.0 Å². The van der Waals surface area contributed by atoms with Crippen molar-refractivity contribution in [3.8, 4) is 11.3 Å². The molecule has 0 bridgehead atoms. The van der Waals surface area contributed by atoms with Crippen LogP contribution in [0, 0.1) is 6.92 Å². The summed E-state index contributed by atoms with van der Waals surface area (Å²) in [4.78, 5) is 13.1. The predicted octanol–water partition coefficient (Wildman–Crippen LogP) is 6.83. The molecule has 6 aromatic rings. The van der Waals surface area contributed by atoms with E-state index in [4.69, 9.17) is 14.9 Å². The van der Waals surface area contributed by atoms with Crippen LogP contribution in [0.1, 0.15) is 49.6 Å². The van der Waals surface area contributed by atoms with E-state index < -0.39 is 5.54 Å². The first-order chi connectivity index (χ1) is 21.1. The highest BCUT2D eigenvalue weighted by Gasteiger charge is 2.41. The molecule has 43 heavy (non-hydrogen) atoms. The summed E-state index contributed by atoms with van der Waals surface area (Å²) < 4.78 is 9.16. The Morgan fingerprint density at radius 3 is 1.86 bits per heavy atom. The maximum absolute atomic E-state index is 13.1. The van der Waals surface area contributed by atoms with Crippen LogP contribution in [-0.2, 0) is 29.7 Å². The number of carbonyl (C=O) groups is 1. The quantitative estimate of drug-likeness (QED) is 0.158. The SMILES string of the molecule is COC(=O)c1c2c(nn1Cc1ccc(C)cc1)-c1cn(C(c3ccccc3)(c3ccccc3)c3ccccc3)nc1CC2. The fourth-order valence-electron chi connectivity index (χ4n) is 6.40. The molecule has 0 aliphatic heterocycles. The van der Waals surface area contributed by atoms with Gasteiger partial charge in [-0.2, -0.15) is 10.2 Å². The molecule has 0 saturated carbocycles. The monoisotopic (exact) mass is 564 g/mol. The van der Waals surface area contributed by atoms with Crippen molar-refractivity contribution in [2.45, 2.75) is 31.8 Å². The number of fused-ring (bicyclic) bond motifs is 3. The highest BCUT2D eigenvalue weighted by Crippen LogP contribution is 2.43. The van der Waals surface area contributed by atoms with Gasteiger partial charge in [-0.3, -0.25) is 9.36 Å². The Balaban J connectivity index is 1.44. The number of carbonyl (C=O) groups excluding carboxylic acids is 1. The Bertz CT molecular complexity index is 1790. The molecule has 1 aliphatic rings. The zero-order chi connectivity index (χ0) is 29.4. The molecule has 0 amide bonds. The van der Waals surface area contributed by atoms with Gasteiger partial charge in [-0.05, 0) is 42.0 Å². The summed E-state index contributed by atoms with van der Waals surface area (Å²) in [7, 11) is 1.43. The molecular weight excluding hydrogens is 532 g/mol.